The number of hydrogen-bond donors (Lipinski definition) is 2. The number of nitrogens with zero attached hydrogens (tertiary/aromatic N) is 1. The van der Waals surface area contributed by atoms with Gasteiger partial charge in [0.05, 0.1) is 6.10 Å². The van der Waals surface area contributed by atoms with Crippen LogP contribution in [0.3, 0.4) is 0 Å². The highest BCUT2D eigenvalue weighted by atomic mass is 16.3. The van der Waals surface area contributed by atoms with E-state index >= 15 is 0 Å². The SMILES string of the molecule is C[C@H](O)/C=C/C=C\C#CC#CC#Cc1ccn[nH]1. The van der Waals surface area contributed by atoms with Gasteiger partial charge in [0.25, 0.3) is 0 Å². The predicted molar refractivity (Wildman–Crippen MR) is 71.0 cm³/mol. The van der Waals surface area contributed by atoms with Crippen molar-refractivity contribution in [1.29, 1.82) is 0 Å². The summed E-state index contributed by atoms with van der Waals surface area (Å²) in [5.41, 5.74) is 0.723. The Morgan fingerprint density at radius 1 is 1.28 bits per heavy atom. The summed E-state index contributed by atoms with van der Waals surface area (Å²) in [6.45, 7) is 1.68. The van der Waals surface area contributed by atoms with Gasteiger partial charge in [-0.2, -0.15) is 5.10 Å². The number of hydrogen-bond acceptors (Lipinski definition) is 2. The number of aromatic amines is 1. The second kappa shape index (κ2) is 8.48. The van der Waals surface area contributed by atoms with Crippen molar-refractivity contribution in [2.45, 2.75) is 13.0 Å². The van der Waals surface area contributed by atoms with Gasteiger partial charge in [0.1, 0.15) is 5.69 Å². The molecule has 0 fully saturated rings. The number of H-pyrrole nitrogens is 1. The average molecular weight is 236 g/mol. The van der Waals surface area contributed by atoms with Crippen LogP contribution in [0.25, 0.3) is 0 Å². The van der Waals surface area contributed by atoms with Gasteiger partial charge < -0.3 is 5.11 Å². The highest BCUT2D eigenvalue weighted by Gasteiger charge is 1.81. The lowest BCUT2D eigenvalue weighted by Gasteiger charge is -1.88. The van der Waals surface area contributed by atoms with E-state index in [9.17, 15) is 0 Å². The Morgan fingerprint density at radius 2 is 2.11 bits per heavy atom. The summed E-state index contributed by atoms with van der Waals surface area (Å²) in [7, 11) is 0. The van der Waals surface area contributed by atoms with E-state index in [1.165, 1.54) is 0 Å². The zero-order valence-electron chi connectivity index (χ0n) is 9.94. The standard InChI is InChI=1S/C15H12N2O/c1-14(18)10-8-6-4-2-3-5-7-9-11-15-12-13-16-17-15/h4,6,8,10,12-14,18H,1H3,(H,16,17)/b6-4-,10-8+/t14-/m0/s1. The molecule has 0 aromatic carbocycles. The third-order valence-electron chi connectivity index (χ3n) is 1.64. The van der Waals surface area contributed by atoms with Crippen molar-refractivity contribution in [3.05, 3.63) is 42.3 Å². The van der Waals surface area contributed by atoms with Crippen molar-refractivity contribution in [3.63, 3.8) is 0 Å². The Bertz CT molecular complexity index is 588. The maximum absolute atomic E-state index is 8.93. The van der Waals surface area contributed by atoms with E-state index in [4.69, 9.17) is 5.11 Å². The molecule has 0 saturated carbocycles. The summed E-state index contributed by atoms with van der Waals surface area (Å²) in [6.07, 6.45) is 7.95. The molecule has 3 nitrogen and oxygen atoms in total. The molecule has 18 heavy (non-hydrogen) atoms. The topological polar surface area (TPSA) is 48.9 Å². The molecule has 0 aliphatic carbocycles. The zero-order valence-corrected chi connectivity index (χ0v) is 9.94. The van der Waals surface area contributed by atoms with E-state index in [2.05, 4.69) is 45.7 Å². The molecule has 3 heteroatoms. The Labute approximate surface area is 107 Å². The van der Waals surface area contributed by atoms with Crippen molar-refractivity contribution < 1.29 is 5.11 Å². The van der Waals surface area contributed by atoms with E-state index in [1.807, 2.05) is 0 Å². The summed E-state index contributed by atoms with van der Waals surface area (Å²) in [6, 6.07) is 1.76. The number of allylic oxidation sites excluding steroid dienone is 3. The molecule has 88 valence electrons. The number of aliphatic hydroxyl groups excluding tert-OH is 1. The Morgan fingerprint density at radius 3 is 2.83 bits per heavy atom. The van der Waals surface area contributed by atoms with Crippen LogP contribution in [0.4, 0.5) is 0 Å². The molecule has 0 amide bonds. The summed E-state index contributed by atoms with van der Waals surface area (Å²) in [5.74, 6) is 16.0. The summed E-state index contributed by atoms with van der Waals surface area (Å²) in [5, 5.41) is 15.4. The predicted octanol–water partition coefficient (Wildman–Crippen LogP) is 1.26. The van der Waals surface area contributed by atoms with E-state index in [0.717, 1.165) is 5.69 Å². The Kier molecular flexibility index (Phi) is 6.31. The van der Waals surface area contributed by atoms with Gasteiger partial charge in [-0.25, -0.2) is 0 Å². The summed E-state index contributed by atoms with van der Waals surface area (Å²) >= 11 is 0. The summed E-state index contributed by atoms with van der Waals surface area (Å²) < 4.78 is 0. The van der Waals surface area contributed by atoms with Crippen molar-refractivity contribution in [2.75, 3.05) is 0 Å². The molecule has 1 rings (SSSR count). The molecule has 1 heterocycles. The number of aromatic nitrogens is 2. The molecule has 0 aliphatic heterocycles. The molecule has 0 radical (unpaired) electrons. The highest BCUT2D eigenvalue weighted by Crippen LogP contribution is 1.85. The molecule has 1 atom stereocenters. The van der Waals surface area contributed by atoms with Crippen LogP contribution in [0.15, 0.2) is 36.6 Å². The third-order valence-corrected chi connectivity index (χ3v) is 1.64. The third kappa shape index (κ3) is 6.75. The van der Waals surface area contributed by atoms with Crippen LogP contribution in [0, 0.1) is 35.5 Å². The van der Waals surface area contributed by atoms with Crippen LogP contribution < -0.4 is 0 Å². The van der Waals surface area contributed by atoms with Gasteiger partial charge in [0.15, 0.2) is 0 Å². The molecule has 0 bridgehead atoms. The van der Waals surface area contributed by atoms with Gasteiger partial charge in [-0.15, -0.1) is 0 Å². The van der Waals surface area contributed by atoms with Gasteiger partial charge >= 0.3 is 0 Å². The molecule has 0 saturated heterocycles. The number of rotatable bonds is 2. The Hall–Kier alpha value is -2.67. The first-order chi connectivity index (χ1) is 8.79. The highest BCUT2D eigenvalue weighted by molar-refractivity contribution is 5.41. The minimum atomic E-state index is -0.444. The normalized spacial score (nSPS) is 11.0. The fourth-order valence-electron chi connectivity index (χ4n) is 0.893. The average Bonchev–Trinajstić information content (AvgIpc) is 2.84. The van der Waals surface area contributed by atoms with E-state index in [0.29, 0.717) is 0 Å². The zero-order chi connectivity index (χ0) is 13.1. The van der Waals surface area contributed by atoms with Gasteiger partial charge in [0.2, 0.25) is 0 Å². The van der Waals surface area contributed by atoms with Gasteiger partial charge in [0, 0.05) is 6.20 Å². The van der Waals surface area contributed by atoms with Crippen molar-refractivity contribution in [2.24, 2.45) is 0 Å². The fraction of sp³-hybridized carbons (Fsp3) is 0.133. The van der Waals surface area contributed by atoms with Crippen LogP contribution in [-0.2, 0) is 0 Å². The van der Waals surface area contributed by atoms with Crippen LogP contribution in [0.2, 0.25) is 0 Å². The maximum atomic E-state index is 8.93. The molecule has 0 unspecified atom stereocenters. The van der Waals surface area contributed by atoms with Crippen LogP contribution in [0.1, 0.15) is 12.6 Å². The van der Waals surface area contributed by atoms with E-state index < -0.39 is 6.10 Å². The van der Waals surface area contributed by atoms with Crippen molar-refractivity contribution in [3.8, 4) is 35.5 Å². The lowest BCUT2D eigenvalue weighted by Crippen LogP contribution is -1.90. The first kappa shape index (κ1) is 13.4. The second-order valence-electron chi connectivity index (χ2n) is 3.22. The van der Waals surface area contributed by atoms with Gasteiger partial charge in [-0.3, -0.25) is 5.10 Å². The van der Waals surface area contributed by atoms with Crippen LogP contribution in [-0.4, -0.2) is 21.4 Å². The second-order valence-corrected chi connectivity index (χ2v) is 3.22. The molecule has 0 spiro atoms. The molecular formula is C15H12N2O. The number of nitrogens with one attached hydrogen (secondary N) is 1. The van der Waals surface area contributed by atoms with Gasteiger partial charge in [-0.05, 0) is 48.7 Å². The fourth-order valence-corrected chi connectivity index (χ4v) is 0.893. The van der Waals surface area contributed by atoms with E-state index in [-0.39, 0.29) is 0 Å². The molecular weight excluding hydrogens is 224 g/mol. The van der Waals surface area contributed by atoms with Crippen LogP contribution >= 0.6 is 0 Å². The smallest absolute Gasteiger partial charge is 0.108 e. The minimum Gasteiger partial charge on any atom is -0.389 e. The quantitative estimate of drug-likeness (QED) is 0.600. The minimum absolute atomic E-state index is 0.444. The van der Waals surface area contributed by atoms with Crippen molar-refractivity contribution >= 4 is 0 Å². The first-order valence-electron chi connectivity index (χ1n) is 5.31. The molecule has 1 aromatic heterocycles. The molecule has 2 N–H and O–H groups in total. The lowest BCUT2D eigenvalue weighted by molar-refractivity contribution is 0.244. The van der Waals surface area contributed by atoms with Gasteiger partial charge in [-0.1, -0.05) is 24.1 Å². The molecule has 0 aliphatic rings. The Balaban J connectivity index is 2.38. The first-order valence-corrected chi connectivity index (χ1v) is 5.31. The van der Waals surface area contributed by atoms with Crippen molar-refractivity contribution in [1.82, 2.24) is 10.2 Å². The summed E-state index contributed by atoms with van der Waals surface area (Å²) in [4.78, 5) is 0. The number of aliphatic hydroxyl groups is 1. The van der Waals surface area contributed by atoms with Crippen LogP contribution in [0.5, 0.6) is 0 Å². The monoisotopic (exact) mass is 236 g/mol. The largest absolute Gasteiger partial charge is 0.389 e. The van der Waals surface area contributed by atoms with E-state index in [1.54, 1.807) is 43.5 Å². The molecule has 1 aromatic rings. The maximum Gasteiger partial charge on any atom is 0.108 e. The lowest BCUT2D eigenvalue weighted by atomic mass is 10.3.